The van der Waals surface area contributed by atoms with Gasteiger partial charge < -0.3 is 15.5 Å². The lowest BCUT2D eigenvalue weighted by Crippen LogP contribution is -2.53. The summed E-state index contributed by atoms with van der Waals surface area (Å²) in [7, 11) is 1.98. The van der Waals surface area contributed by atoms with Gasteiger partial charge in [-0.3, -0.25) is 4.90 Å². The molecule has 1 fully saturated rings. The van der Waals surface area contributed by atoms with E-state index < -0.39 is 18.2 Å². The first-order valence-corrected chi connectivity index (χ1v) is 9.26. The third-order valence-electron chi connectivity index (χ3n) is 5.58. The van der Waals surface area contributed by atoms with Gasteiger partial charge in [-0.25, -0.2) is 4.79 Å². The summed E-state index contributed by atoms with van der Waals surface area (Å²) in [6, 6.07) is 11.2. The Morgan fingerprint density at radius 1 is 1.35 bits per heavy atom. The molecule has 6 heteroatoms. The van der Waals surface area contributed by atoms with Gasteiger partial charge in [0.05, 0.1) is 18.2 Å². The minimum Gasteiger partial charge on any atom is -0.465 e. The highest BCUT2D eigenvalue weighted by Gasteiger charge is 2.38. The van der Waals surface area contributed by atoms with Gasteiger partial charge >= 0.3 is 6.09 Å². The Balaban J connectivity index is 2.05. The number of carbonyl (C=O) groups is 1. The molecule has 3 N–H and O–H groups in total. The summed E-state index contributed by atoms with van der Waals surface area (Å²) in [5.41, 5.74) is 0.921. The Morgan fingerprint density at radius 3 is 2.58 bits per heavy atom. The van der Waals surface area contributed by atoms with Crippen LogP contribution in [0.1, 0.15) is 44.1 Å². The molecule has 6 nitrogen and oxygen atoms in total. The SMILES string of the molecule is CN(C[C@@H](O)[C@H](Cc1ccccc1)NC(=O)O)C1(CCC#N)CCCC1. The van der Waals surface area contributed by atoms with Crippen LogP contribution in [0.4, 0.5) is 4.79 Å². The minimum absolute atomic E-state index is 0.0583. The zero-order chi connectivity index (χ0) is 19.0. The maximum absolute atomic E-state index is 11.2. The van der Waals surface area contributed by atoms with Crippen LogP contribution in [0.25, 0.3) is 0 Å². The van der Waals surface area contributed by atoms with E-state index in [1.807, 2.05) is 37.4 Å². The lowest BCUT2D eigenvalue weighted by Gasteiger charge is -2.40. The fourth-order valence-corrected chi connectivity index (χ4v) is 4.06. The molecular weight excluding hydrogens is 330 g/mol. The molecule has 0 aromatic heterocycles. The number of benzene rings is 1. The van der Waals surface area contributed by atoms with Crippen molar-refractivity contribution in [3.05, 3.63) is 35.9 Å². The van der Waals surface area contributed by atoms with Crippen molar-refractivity contribution < 1.29 is 15.0 Å². The summed E-state index contributed by atoms with van der Waals surface area (Å²) in [5, 5.41) is 31.3. The monoisotopic (exact) mass is 359 g/mol. The van der Waals surface area contributed by atoms with E-state index in [1.54, 1.807) is 0 Å². The van der Waals surface area contributed by atoms with Crippen LogP contribution in [0.15, 0.2) is 30.3 Å². The van der Waals surface area contributed by atoms with Crippen molar-refractivity contribution in [2.75, 3.05) is 13.6 Å². The predicted octanol–water partition coefficient (Wildman–Crippen LogP) is 2.77. The maximum atomic E-state index is 11.2. The van der Waals surface area contributed by atoms with Crippen LogP contribution in [0, 0.1) is 11.3 Å². The second kappa shape index (κ2) is 9.56. The molecule has 0 radical (unpaired) electrons. The normalized spacial score (nSPS) is 18.2. The van der Waals surface area contributed by atoms with Crippen LogP contribution in [0.5, 0.6) is 0 Å². The van der Waals surface area contributed by atoms with Crippen molar-refractivity contribution in [2.24, 2.45) is 0 Å². The molecule has 0 aliphatic heterocycles. The number of nitrogens with zero attached hydrogens (tertiary/aromatic N) is 2. The van der Waals surface area contributed by atoms with E-state index >= 15 is 0 Å². The van der Waals surface area contributed by atoms with Gasteiger partial charge in [-0.15, -0.1) is 0 Å². The van der Waals surface area contributed by atoms with Crippen molar-refractivity contribution in [3.63, 3.8) is 0 Å². The van der Waals surface area contributed by atoms with Crippen LogP contribution in [0.2, 0.25) is 0 Å². The average Bonchev–Trinajstić information content (AvgIpc) is 3.10. The molecule has 26 heavy (non-hydrogen) atoms. The number of amides is 1. The van der Waals surface area contributed by atoms with E-state index in [0.717, 1.165) is 37.7 Å². The molecule has 1 aromatic carbocycles. The van der Waals surface area contributed by atoms with E-state index in [-0.39, 0.29) is 5.54 Å². The first-order valence-electron chi connectivity index (χ1n) is 9.26. The van der Waals surface area contributed by atoms with Gasteiger partial charge in [-0.05, 0) is 38.3 Å². The van der Waals surface area contributed by atoms with Crippen molar-refractivity contribution in [1.29, 1.82) is 5.26 Å². The quantitative estimate of drug-likeness (QED) is 0.630. The topological polar surface area (TPSA) is 96.6 Å². The van der Waals surface area contributed by atoms with Gasteiger partial charge in [0.2, 0.25) is 0 Å². The van der Waals surface area contributed by atoms with Gasteiger partial charge in [0.1, 0.15) is 0 Å². The van der Waals surface area contributed by atoms with Crippen LogP contribution in [0.3, 0.4) is 0 Å². The van der Waals surface area contributed by atoms with Gasteiger partial charge in [0, 0.05) is 18.5 Å². The lowest BCUT2D eigenvalue weighted by atomic mass is 9.89. The Labute approximate surface area is 155 Å². The third-order valence-corrected chi connectivity index (χ3v) is 5.58. The summed E-state index contributed by atoms with van der Waals surface area (Å²) in [5.74, 6) is 0. The van der Waals surface area contributed by atoms with Crippen LogP contribution >= 0.6 is 0 Å². The summed E-state index contributed by atoms with van der Waals surface area (Å²) in [6.45, 7) is 0.378. The van der Waals surface area contributed by atoms with E-state index in [2.05, 4.69) is 16.3 Å². The number of carboxylic acid groups (broad SMARTS) is 1. The first kappa shape index (κ1) is 20.2. The predicted molar refractivity (Wildman–Crippen MR) is 99.8 cm³/mol. The molecule has 2 atom stereocenters. The highest BCUT2D eigenvalue weighted by atomic mass is 16.4. The Hall–Kier alpha value is -2.10. The minimum atomic E-state index is -1.13. The first-order chi connectivity index (χ1) is 12.5. The zero-order valence-electron chi connectivity index (χ0n) is 15.4. The van der Waals surface area contributed by atoms with E-state index in [1.165, 1.54) is 0 Å². The second-order valence-electron chi connectivity index (χ2n) is 7.28. The molecule has 1 amide bonds. The van der Waals surface area contributed by atoms with Crippen molar-refractivity contribution >= 4 is 6.09 Å². The molecule has 0 bridgehead atoms. The number of aliphatic hydroxyl groups excluding tert-OH is 1. The molecule has 0 unspecified atom stereocenters. The van der Waals surface area contributed by atoms with Crippen molar-refractivity contribution in [1.82, 2.24) is 10.2 Å². The highest BCUT2D eigenvalue weighted by molar-refractivity contribution is 5.65. The van der Waals surface area contributed by atoms with Crippen LogP contribution < -0.4 is 5.32 Å². The maximum Gasteiger partial charge on any atom is 0.404 e. The standard InChI is InChI=1S/C20H29N3O3/c1-23(20(12-7-13-21)10-5-6-11-20)15-18(24)17(22-19(25)26)14-16-8-3-2-4-9-16/h2-4,8-9,17-18,22,24H,5-7,10-12,14-15H2,1H3,(H,25,26)/t17-,18+/m0/s1. The summed E-state index contributed by atoms with van der Waals surface area (Å²) in [4.78, 5) is 13.3. The number of nitrogens with one attached hydrogen (secondary N) is 1. The van der Waals surface area contributed by atoms with Gasteiger partial charge in [-0.2, -0.15) is 5.26 Å². The number of nitriles is 1. The molecule has 2 rings (SSSR count). The number of aliphatic hydroxyl groups is 1. The molecule has 0 heterocycles. The second-order valence-corrected chi connectivity index (χ2v) is 7.28. The molecule has 142 valence electrons. The third kappa shape index (κ3) is 5.45. The van der Waals surface area contributed by atoms with Crippen molar-refractivity contribution in [2.45, 2.75) is 62.6 Å². The number of rotatable bonds is 9. The smallest absolute Gasteiger partial charge is 0.404 e. The van der Waals surface area contributed by atoms with E-state index in [0.29, 0.717) is 19.4 Å². The zero-order valence-corrected chi connectivity index (χ0v) is 15.4. The Kier molecular flexibility index (Phi) is 7.43. The number of hydrogen-bond donors (Lipinski definition) is 3. The molecule has 1 aromatic rings. The summed E-state index contributed by atoms with van der Waals surface area (Å²) >= 11 is 0. The number of likely N-dealkylation sites (N-methyl/N-ethyl adjacent to an activating group) is 1. The van der Waals surface area contributed by atoms with Crippen LogP contribution in [-0.2, 0) is 6.42 Å². The largest absolute Gasteiger partial charge is 0.465 e. The van der Waals surface area contributed by atoms with Crippen molar-refractivity contribution in [3.8, 4) is 6.07 Å². The molecule has 0 spiro atoms. The highest BCUT2D eigenvalue weighted by Crippen LogP contribution is 2.38. The summed E-state index contributed by atoms with van der Waals surface area (Å²) < 4.78 is 0. The molecule has 1 aliphatic rings. The van der Waals surface area contributed by atoms with E-state index in [9.17, 15) is 9.90 Å². The average molecular weight is 359 g/mol. The Bertz CT molecular complexity index is 608. The summed E-state index contributed by atoms with van der Waals surface area (Å²) in [6.07, 6.45) is 4.08. The molecule has 1 saturated carbocycles. The lowest BCUT2D eigenvalue weighted by molar-refractivity contribution is 0.0333. The fraction of sp³-hybridized carbons (Fsp3) is 0.600. The fourth-order valence-electron chi connectivity index (χ4n) is 4.06. The Morgan fingerprint density at radius 2 is 2.00 bits per heavy atom. The van der Waals surface area contributed by atoms with Crippen LogP contribution in [-0.4, -0.2) is 52.5 Å². The van der Waals surface area contributed by atoms with Gasteiger partial charge in [0.15, 0.2) is 0 Å². The van der Waals surface area contributed by atoms with E-state index in [4.69, 9.17) is 10.4 Å². The van der Waals surface area contributed by atoms with Gasteiger partial charge in [-0.1, -0.05) is 43.2 Å². The molecular formula is C20H29N3O3. The molecule has 0 saturated heterocycles. The number of hydrogen-bond acceptors (Lipinski definition) is 4. The van der Waals surface area contributed by atoms with Gasteiger partial charge in [0.25, 0.3) is 0 Å². The number of β-amino-alcohol motifs (C(OH)–C–C–N with tert-alkyl or cyclic N) is 1. The molecule has 1 aliphatic carbocycles.